The van der Waals surface area contributed by atoms with Gasteiger partial charge in [0.1, 0.15) is 5.75 Å². The van der Waals surface area contributed by atoms with Crippen LogP contribution in [0.15, 0.2) is 41.8 Å². The van der Waals surface area contributed by atoms with Crippen molar-refractivity contribution in [1.82, 2.24) is 5.32 Å². The molecule has 1 unspecified atom stereocenters. The second-order valence-corrected chi connectivity index (χ2v) is 6.92. The molecule has 112 valence electrons. The molecule has 0 amide bonds. The first-order chi connectivity index (χ1) is 10.3. The molecule has 1 aliphatic carbocycles. The van der Waals surface area contributed by atoms with Crippen LogP contribution in [0.1, 0.15) is 23.3 Å². The van der Waals surface area contributed by atoms with Crippen molar-refractivity contribution in [2.24, 2.45) is 5.92 Å². The highest BCUT2D eigenvalue weighted by Gasteiger charge is 2.22. The van der Waals surface area contributed by atoms with E-state index in [1.807, 2.05) is 11.3 Å². The number of ether oxygens (including phenoxy) is 1. The van der Waals surface area contributed by atoms with E-state index in [1.54, 1.807) is 7.11 Å². The molecular weight excluding hydrogens is 278 g/mol. The van der Waals surface area contributed by atoms with Gasteiger partial charge in [0.15, 0.2) is 0 Å². The van der Waals surface area contributed by atoms with Crippen LogP contribution >= 0.6 is 11.3 Å². The third-order valence-corrected chi connectivity index (χ3v) is 4.92. The van der Waals surface area contributed by atoms with Gasteiger partial charge in [-0.05, 0) is 67.3 Å². The fourth-order valence-corrected chi connectivity index (χ4v) is 3.47. The first kappa shape index (κ1) is 14.6. The molecule has 1 aliphatic rings. The van der Waals surface area contributed by atoms with Crippen LogP contribution in [0.2, 0.25) is 0 Å². The predicted octanol–water partition coefficient (Wildman–Crippen LogP) is 3.91. The summed E-state index contributed by atoms with van der Waals surface area (Å²) >= 11 is 1.87. The lowest BCUT2D eigenvalue weighted by Crippen LogP contribution is -2.27. The van der Waals surface area contributed by atoms with Crippen LogP contribution in [0.25, 0.3) is 0 Å². The molecule has 1 aromatic heterocycles. The standard InChI is InChI=1S/C18H23NOS/c1-20-17-8-4-14(5-9-17)11-15(13-19-16-6-7-16)12-18-3-2-10-21-18/h2-5,8-10,15-16,19H,6-7,11-13H2,1H3. The maximum atomic E-state index is 5.24. The Kier molecular flexibility index (Phi) is 4.94. The first-order valence-corrected chi connectivity index (χ1v) is 8.60. The molecule has 0 aliphatic heterocycles. The highest BCUT2D eigenvalue weighted by molar-refractivity contribution is 7.09. The highest BCUT2D eigenvalue weighted by atomic mass is 32.1. The quantitative estimate of drug-likeness (QED) is 0.798. The van der Waals surface area contributed by atoms with E-state index in [2.05, 4.69) is 47.1 Å². The van der Waals surface area contributed by atoms with Crippen LogP contribution in [-0.2, 0) is 12.8 Å². The van der Waals surface area contributed by atoms with E-state index in [9.17, 15) is 0 Å². The Bertz CT molecular complexity index is 531. The Labute approximate surface area is 131 Å². The second-order valence-electron chi connectivity index (χ2n) is 5.88. The minimum absolute atomic E-state index is 0.664. The molecule has 2 nitrogen and oxygen atoms in total. The zero-order valence-electron chi connectivity index (χ0n) is 12.5. The van der Waals surface area contributed by atoms with Gasteiger partial charge in [-0.1, -0.05) is 18.2 Å². The zero-order valence-corrected chi connectivity index (χ0v) is 13.4. The van der Waals surface area contributed by atoms with Crippen LogP contribution in [-0.4, -0.2) is 19.7 Å². The Hall–Kier alpha value is -1.32. The van der Waals surface area contributed by atoms with Crippen molar-refractivity contribution < 1.29 is 4.74 Å². The molecule has 1 saturated carbocycles. The molecule has 1 fully saturated rings. The van der Waals surface area contributed by atoms with Gasteiger partial charge in [0.2, 0.25) is 0 Å². The SMILES string of the molecule is COc1ccc(CC(CNC2CC2)Cc2cccs2)cc1. The average molecular weight is 301 g/mol. The third-order valence-electron chi connectivity index (χ3n) is 4.03. The number of thiophene rings is 1. The predicted molar refractivity (Wildman–Crippen MR) is 89.2 cm³/mol. The van der Waals surface area contributed by atoms with Gasteiger partial charge in [0.25, 0.3) is 0 Å². The summed E-state index contributed by atoms with van der Waals surface area (Å²) < 4.78 is 5.24. The Morgan fingerprint density at radius 2 is 2.00 bits per heavy atom. The lowest BCUT2D eigenvalue weighted by molar-refractivity contribution is 0.414. The van der Waals surface area contributed by atoms with Crippen molar-refractivity contribution in [2.75, 3.05) is 13.7 Å². The molecular formula is C18H23NOS. The van der Waals surface area contributed by atoms with Crippen molar-refractivity contribution >= 4 is 11.3 Å². The Morgan fingerprint density at radius 1 is 1.19 bits per heavy atom. The van der Waals surface area contributed by atoms with Crippen LogP contribution < -0.4 is 10.1 Å². The lowest BCUT2D eigenvalue weighted by atomic mass is 9.95. The number of hydrogen-bond donors (Lipinski definition) is 1. The van der Waals surface area contributed by atoms with Crippen molar-refractivity contribution in [3.63, 3.8) is 0 Å². The van der Waals surface area contributed by atoms with Gasteiger partial charge < -0.3 is 10.1 Å². The summed E-state index contributed by atoms with van der Waals surface area (Å²) in [6.45, 7) is 1.12. The van der Waals surface area contributed by atoms with E-state index in [0.29, 0.717) is 5.92 Å². The van der Waals surface area contributed by atoms with Crippen LogP contribution in [0.3, 0.4) is 0 Å². The monoisotopic (exact) mass is 301 g/mol. The topological polar surface area (TPSA) is 21.3 Å². The molecule has 1 heterocycles. The lowest BCUT2D eigenvalue weighted by Gasteiger charge is -2.17. The Balaban J connectivity index is 1.61. The number of benzene rings is 1. The minimum atomic E-state index is 0.664. The number of hydrogen-bond acceptors (Lipinski definition) is 3. The second kappa shape index (κ2) is 7.10. The van der Waals surface area contributed by atoms with E-state index < -0.39 is 0 Å². The van der Waals surface area contributed by atoms with E-state index in [4.69, 9.17) is 4.74 Å². The van der Waals surface area contributed by atoms with E-state index in [1.165, 1.54) is 29.7 Å². The molecule has 3 rings (SSSR count). The van der Waals surface area contributed by atoms with Crippen molar-refractivity contribution in [1.29, 1.82) is 0 Å². The molecule has 1 atom stereocenters. The smallest absolute Gasteiger partial charge is 0.118 e. The largest absolute Gasteiger partial charge is 0.497 e. The van der Waals surface area contributed by atoms with Gasteiger partial charge in [-0.2, -0.15) is 0 Å². The highest BCUT2D eigenvalue weighted by Crippen LogP contribution is 2.22. The summed E-state index contributed by atoms with van der Waals surface area (Å²) in [5.74, 6) is 1.60. The van der Waals surface area contributed by atoms with Crippen molar-refractivity contribution in [2.45, 2.75) is 31.7 Å². The maximum absolute atomic E-state index is 5.24. The first-order valence-electron chi connectivity index (χ1n) is 7.72. The summed E-state index contributed by atoms with van der Waals surface area (Å²) in [4.78, 5) is 1.49. The molecule has 21 heavy (non-hydrogen) atoms. The average Bonchev–Trinajstić information content (AvgIpc) is 3.21. The summed E-state index contributed by atoms with van der Waals surface area (Å²) in [5.41, 5.74) is 1.40. The maximum Gasteiger partial charge on any atom is 0.118 e. The van der Waals surface area contributed by atoms with Gasteiger partial charge in [-0.15, -0.1) is 11.3 Å². The Morgan fingerprint density at radius 3 is 2.62 bits per heavy atom. The molecule has 1 aromatic carbocycles. The van der Waals surface area contributed by atoms with Gasteiger partial charge >= 0.3 is 0 Å². The van der Waals surface area contributed by atoms with Crippen LogP contribution in [0.5, 0.6) is 5.75 Å². The van der Waals surface area contributed by atoms with Gasteiger partial charge in [0.05, 0.1) is 7.11 Å². The summed E-state index contributed by atoms with van der Waals surface area (Å²) in [6, 6.07) is 13.7. The summed E-state index contributed by atoms with van der Waals surface area (Å²) in [7, 11) is 1.72. The van der Waals surface area contributed by atoms with Crippen molar-refractivity contribution in [3.05, 3.63) is 52.2 Å². The van der Waals surface area contributed by atoms with Crippen LogP contribution in [0, 0.1) is 5.92 Å². The number of nitrogens with one attached hydrogen (secondary N) is 1. The molecule has 0 spiro atoms. The molecule has 0 saturated heterocycles. The fraction of sp³-hybridized carbons (Fsp3) is 0.444. The molecule has 0 radical (unpaired) electrons. The van der Waals surface area contributed by atoms with Crippen LogP contribution in [0.4, 0.5) is 0 Å². The number of rotatable bonds is 8. The molecule has 1 N–H and O–H groups in total. The molecule has 0 bridgehead atoms. The summed E-state index contributed by atoms with van der Waals surface area (Å²) in [5, 5.41) is 5.87. The van der Waals surface area contributed by atoms with Gasteiger partial charge in [-0.3, -0.25) is 0 Å². The third kappa shape index (κ3) is 4.58. The van der Waals surface area contributed by atoms with E-state index in [0.717, 1.165) is 24.8 Å². The zero-order chi connectivity index (χ0) is 14.5. The summed E-state index contributed by atoms with van der Waals surface area (Å²) in [6.07, 6.45) is 5.01. The molecule has 2 aromatic rings. The fourth-order valence-electron chi connectivity index (χ4n) is 2.65. The van der Waals surface area contributed by atoms with Gasteiger partial charge in [0, 0.05) is 10.9 Å². The van der Waals surface area contributed by atoms with Gasteiger partial charge in [-0.25, -0.2) is 0 Å². The normalized spacial score (nSPS) is 15.9. The molecule has 3 heteroatoms. The minimum Gasteiger partial charge on any atom is -0.497 e. The van der Waals surface area contributed by atoms with Crippen molar-refractivity contribution in [3.8, 4) is 5.75 Å². The number of methoxy groups -OCH3 is 1. The van der Waals surface area contributed by atoms with E-state index in [-0.39, 0.29) is 0 Å². The van der Waals surface area contributed by atoms with E-state index >= 15 is 0 Å².